The number of nitrogens with zero attached hydrogens (tertiary/aromatic N) is 3. The molecule has 1 rings (SSSR count). The van der Waals surface area contributed by atoms with E-state index in [1.54, 1.807) is 13.8 Å². The molecular weight excluding hydrogens is 242 g/mol. The number of aromatic nitrogens is 2. The van der Waals surface area contributed by atoms with Crippen molar-refractivity contribution in [2.24, 2.45) is 5.92 Å². The third kappa shape index (κ3) is 3.44. The third-order valence-electron chi connectivity index (χ3n) is 2.14. The first kappa shape index (κ1) is 13.9. The minimum absolute atomic E-state index is 0.0532. The van der Waals surface area contributed by atoms with Crippen molar-refractivity contribution in [3.63, 3.8) is 0 Å². The number of carboxylic acids is 1. The molecule has 0 aromatic carbocycles. The van der Waals surface area contributed by atoms with Crippen LogP contribution >= 0.6 is 0 Å². The zero-order valence-corrected chi connectivity index (χ0v) is 10.4. The van der Waals surface area contributed by atoms with Crippen LogP contribution in [0.25, 0.3) is 0 Å². The fourth-order valence-electron chi connectivity index (χ4n) is 1.28. The van der Waals surface area contributed by atoms with Crippen molar-refractivity contribution in [2.45, 2.75) is 33.4 Å². The van der Waals surface area contributed by atoms with E-state index in [0.29, 0.717) is 0 Å². The van der Waals surface area contributed by atoms with Crippen LogP contribution in [0.1, 0.15) is 20.8 Å². The first-order valence-corrected chi connectivity index (χ1v) is 5.42. The van der Waals surface area contributed by atoms with E-state index in [2.05, 4.69) is 5.10 Å². The molecule has 0 amide bonds. The summed E-state index contributed by atoms with van der Waals surface area (Å²) in [6.45, 7) is 5.00. The first-order valence-electron chi connectivity index (χ1n) is 5.42. The molecule has 1 aromatic heterocycles. The highest BCUT2D eigenvalue weighted by Crippen LogP contribution is 2.25. The summed E-state index contributed by atoms with van der Waals surface area (Å²) in [5, 5.41) is 23.4. The van der Waals surface area contributed by atoms with Gasteiger partial charge < -0.3 is 9.84 Å². The van der Waals surface area contributed by atoms with Crippen LogP contribution < -0.4 is 4.74 Å². The number of rotatable bonds is 6. The monoisotopic (exact) mass is 257 g/mol. The molecule has 0 bridgehead atoms. The Hall–Kier alpha value is -2.12. The lowest BCUT2D eigenvalue weighted by Gasteiger charge is -2.06. The highest BCUT2D eigenvalue weighted by molar-refractivity contribution is 5.69. The van der Waals surface area contributed by atoms with Crippen molar-refractivity contribution in [1.82, 2.24) is 9.78 Å². The van der Waals surface area contributed by atoms with Crippen LogP contribution in [0.4, 0.5) is 5.69 Å². The van der Waals surface area contributed by atoms with Gasteiger partial charge in [0.15, 0.2) is 0 Å². The maximum atomic E-state index is 10.8. The van der Waals surface area contributed by atoms with E-state index in [-0.39, 0.29) is 24.2 Å². The SMILES string of the molecule is CC(C)Oc1nn(C[C@H](C)C(=O)O)cc1[N+](=O)[O-]. The van der Waals surface area contributed by atoms with E-state index in [9.17, 15) is 14.9 Å². The fourth-order valence-corrected chi connectivity index (χ4v) is 1.28. The second-order valence-corrected chi connectivity index (χ2v) is 4.20. The van der Waals surface area contributed by atoms with Crippen LogP contribution in [0.3, 0.4) is 0 Å². The standard InChI is InChI=1S/C10H15N3O5/c1-6(2)18-9-8(13(16)17)5-12(11-9)4-7(3)10(14)15/h5-7H,4H2,1-3H3,(H,14,15)/t7-/m0/s1. The molecule has 0 aliphatic rings. The summed E-state index contributed by atoms with van der Waals surface area (Å²) >= 11 is 0. The number of nitro groups is 1. The summed E-state index contributed by atoms with van der Waals surface area (Å²) in [6, 6.07) is 0. The van der Waals surface area contributed by atoms with E-state index in [4.69, 9.17) is 9.84 Å². The molecule has 1 aromatic rings. The summed E-state index contributed by atoms with van der Waals surface area (Å²) in [7, 11) is 0. The van der Waals surface area contributed by atoms with Gasteiger partial charge >= 0.3 is 17.5 Å². The van der Waals surface area contributed by atoms with E-state index < -0.39 is 16.8 Å². The van der Waals surface area contributed by atoms with E-state index >= 15 is 0 Å². The number of carbonyl (C=O) groups is 1. The molecule has 0 saturated heterocycles. The highest BCUT2D eigenvalue weighted by atomic mass is 16.6. The molecule has 8 nitrogen and oxygen atoms in total. The van der Waals surface area contributed by atoms with Crippen molar-refractivity contribution in [3.8, 4) is 5.88 Å². The average molecular weight is 257 g/mol. The van der Waals surface area contributed by atoms with E-state index in [1.165, 1.54) is 17.8 Å². The number of ether oxygens (including phenoxy) is 1. The highest BCUT2D eigenvalue weighted by Gasteiger charge is 2.23. The smallest absolute Gasteiger partial charge is 0.350 e. The second kappa shape index (κ2) is 5.48. The molecule has 1 N–H and O–H groups in total. The zero-order chi connectivity index (χ0) is 13.9. The van der Waals surface area contributed by atoms with Gasteiger partial charge in [0, 0.05) is 0 Å². The van der Waals surface area contributed by atoms with Crippen LogP contribution in [-0.4, -0.2) is 31.9 Å². The topological polar surface area (TPSA) is 107 Å². The lowest BCUT2D eigenvalue weighted by atomic mass is 10.2. The van der Waals surface area contributed by atoms with Crippen LogP contribution in [0.5, 0.6) is 5.88 Å². The van der Waals surface area contributed by atoms with Gasteiger partial charge in [0.05, 0.1) is 23.5 Å². The Morgan fingerprint density at radius 3 is 2.67 bits per heavy atom. The summed E-state index contributed by atoms with van der Waals surface area (Å²) in [6.07, 6.45) is 0.931. The Bertz CT molecular complexity index is 454. The third-order valence-corrected chi connectivity index (χ3v) is 2.14. The molecule has 0 saturated carbocycles. The van der Waals surface area contributed by atoms with Gasteiger partial charge in [0.25, 0.3) is 0 Å². The Kier molecular flexibility index (Phi) is 4.24. The predicted octanol–water partition coefficient (Wildman–Crippen LogP) is 1.30. The van der Waals surface area contributed by atoms with Gasteiger partial charge in [-0.05, 0) is 13.8 Å². The summed E-state index contributed by atoms with van der Waals surface area (Å²) in [5.74, 6) is -1.76. The van der Waals surface area contributed by atoms with Crippen LogP contribution in [0, 0.1) is 16.0 Å². The minimum atomic E-state index is -0.987. The molecule has 18 heavy (non-hydrogen) atoms. The molecule has 0 unspecified atom stereocenters. The van der Waals surface area contributed by atoms with Gasteiger partial charge in [-0.15, -0.1) is 5.10 Å². The first-order chi connectivity index (χ1) is 8.31. The van der Waals surface area contributed by atoms with Crippen molar-refractivity contribution >= 4 is 11.7 Å². The number of hydrogen-bond donors (Lipinski definition) is 1. The van der Waals surface area contributed by atoms with Crippen molar-refractivity contribution < 1.29 is 19.6 Å². The van der Waals surface area contributed by atoms with Gasteiger partial charge in [-0.2, -0.15) is 0 Å². The molecule has 0 spiro atoms. The summed E-state index contributed by atoms with van der Waals surface area (Å²) in [4.78, 5) is 20.9. The second-order valence-electron chi connectivity index (χ2n) is 4.20. The van der Waals surface area contributed by atoms with Gasteiger partial charge in [-0.3, -0.25) is 19.6 Å². The molecule has 0 aliphatic heterocycles. The summed E-state index contributed by atoms with van der Waals surface area (Å²) < 4.78 is 6.43. The Labute approximate surface area is 103 Å². The molecule has 1 heterocycles. The van der Waals surface area contributed by atoms with E-state index in [1.807, 2.05) is 0 Å². The van der Waals surface area contributed by atoms with Crippen molar-refractivity contribution in [3.05, 3.63) is 16.3 Å². The van der Waals surface area contributed by atoms with Gasteiger partial charge in [-0.25, -0.2) is 0 Å². The number of carboxylic acid groups (broad SMARTS) is 1. The minimum Gasteiger partial charge on any atom is -0.481 e. The molecule has 1 atom stereocenters. The number of hydrogen-bond acceptors (Lipinski definition) is 5. The Balaban J connectivity index is 2.95. The van der Waals surface area contributed by atoms with Gasteiger partial charge in [0.1, 0.15) is 6.20 Å². The lowest BCUT2D eigenvalue weighted by molar-refractivity contribution is -0.386. The maximum Gasteiger partial charge on any atom is 0.350 e. The Morgan fingerprint density at radius 1 is 1.61 bits per heavy atom. The van der Waals surface area contributed by atoms with Crippen molar-refractivity contribution in [2.75, 3.05) is 0 Å². The Morgan fingerprint density at radius 2 is 2.22 bits per heavy atom. The fraction of sp³-hybridized carbons (Fsp3) is 0.600. The van der Waals surface area contributed by atoms with E-state index in [0.717, 1.165) is 0 Å². The molecule has 100 valence electrons. The predicted molar refractivity (Wildman–Crippen MR) is 61.4 cm³/mol. The normalized spacial score (nSPS) is 12.4. The van der Waals surface area contributed by atoms with Crippen LogP contribution in [-0.2, 0) is 11.3 Å². The maximum absolute atomic E-state index is 10.8. The quantitative estimate of drug-likeness (QED) is 0.607. The molecule has 8 heteroatoms. The molecular formula is C10H15N3O5. The number of aliphatic carboxylic acids is 1. The molecule has 0 aliphatic carbocycles. The molecule has 0 radical (unpaired) electrons. The average Bonchev–Trinajstić information content (AvgIpc) is 2.59. The molecule has 0 fully saturated rings. The van der Waals surface area contributed by atoms with Gasteiger partial charge in [0.2, 0.25) is 0 Å². The lowest BCUT2D eigenvalue weighted by Crippen LogP contribution is -2.17. The van der Waals surface area contributed by atoms with Crippen LogP contribution in [0.15, 0.2) is 6.20 Å². The van der Waals surface area contributed by atoms with Crippen molar-refractivity contribution in [1.29, 1.82) is 0 Å². The zero-order valence-electron chi connectivity index (χ0n) is 10.4. The van der Waals surface area contributed by atoms with Crippen LogP contribution in [0.2, 0.25) is 0 Å². The van der Waals surface area contributed by atoms with Gasteiger partial charge in [-0.1, -0.05) is 6.92 Å². The summed E-state index contributed by atoms with van der Waals surface area (Å²) in [5.41, 5.74) is -0.263. The largest absolute Gasteiger partial charge is 0.481 e.